The van der Waals surface area contributed by atoms with Gasteiger partial charge in [-0.25, -0.2) is 0 Å². The smallest absolute Gasteiger partial charge is 0.321 e. The predicted molar refractivity (Wildman–Crippen MR) is 60.2 cm³/mol. The maximum absolute atomic E-state index is 11.6. The highest BCUT2D eigenvalue weighted by atomic mass is 79.9. The zero-order chi connectivity index (χ0) is 11.5. The average Bonchev–Trinajstić information content (AvgIpc) is 2.27. The Balaban J connectivity index is 3.25. The van der Waals surface area contributed by atoms with Crippen molar-refractivity contribution >= 4 is 27.7 Å². The van der Waals surface area contributed by atoms with Gasteiger partial charge in [0.25, 0.3) is 0 Å². The van der Waals surface area contributed by atoms with Gasteiger partial charge in [0, 0.05) is 0 Å². The van der Waals surface area contributed by atoms with Crippen molar-refractivity contribution in [2.24, 2.45) is 0 Å². The molecule has 0 saturated carbocycles. The van der Waals surface area contributed by atoms with Gasteiger partial charge in [-0.2, -0.15) is 0 Å². The molecule has 0 aliphatic heterocycles. The summed E-state index contributed by atoms with van der Waals surface area (Å²) < 4.78 is 0. The Morgan fingerprint density at radius 2 is 1.87 bits per heavy atom. The number of carboxylic acid groups (broad SMARTS) is 1. The lowest BCUT2D eigenvalue weighted by Crippen LogP contribution is -2.41. The zero-order valence-electron chi connectivity index (χ0n) is 8.24. The quantitative estimate of drug-likeness (QED) is 0.673. The molecule has 0 spiro atoms. The molecule has 0 saturated heterocycles. The Morgan fingerprint density at radius 3 is 2.27 bits per heavy atom. The molecule has 0 aromatic heterocycles. The van der Waals surface area contributed by atoms with Crippen LogP contribution in [-0.2, 0) is 15.0 Å². The summed E-state index contributed by atoms with van der Waals surface area (Å²) in [5, 5.41) is 9.18. The van der Waals surface area contributed by atoms with Crippen LogP contribution in [0.3, 0.4) is 0 Å². The third kappa shape index (κ3) is 2.09. The Kier molecular flexibility index (Phi) is 3.63. The van der Waals surface area contributed by atoms with Crippen LogP contribution in [0.5, 0.6) is 0 Å². The molecule has 15 heavy (non-hydrogen) atoms. The predicted octanol–water partition coefficient (Wildman–Crippen LogP) is 1.99. The highest BCUT2D eigenvalue weighted by Crippen LogP contribution is 2.25. The summed E-state index contributed by atoms with van der Waals surface area (Å²) in [5.74, 6) is -1.49. The third-order valence-corrected chi connectivity index (χ3v) is 2.97. The summed E-state index contributed by atoms with van der Waals surface area (Å²) in [6, 6.07) is 8.52. The van der Waals surface area contributed by atoms with E-state index < -0.39 is 11.4 Å². The van der Waals surface area contributed by atoms with Gasteiger partial charge in [-0.05, 0) is 12.5 Å². The first kappa shape index (κ1) is 11.9. The van der Waals surface area contributed by atoms with E-state index in [1.165, 1.54) is 6.92 Å². The molecule has 0 amide bonds. The average molecular weight is 271 g/mol. The van der Waals surface area contributed by atoms with Gasteiger partial charge >= 0.3 is 5.97 Å². The molecular formula is C11H11BrO3. The molecule has 0 aliphatic carbocycles. The number of carboxylic acids is 1. The third-order valence-electron chi connectivity index (χ3n) is 2.46. The molecule has 1 atom stereocenters. The lowest BCUT2D eigenvalue weighted by atomic mass is 9.79. The second-order valence-corrected chi connectivity index (χ2v) is 3.91. The first-order valence-electron chi connectivity index (χ1n) is 4.41. The molecule has 0 fully saturated rings. The SMILES string of the molecule is CC(C(=O)O)(C(=O)CBr)c1ccccc1. The van der Waals surface area contributed by atoms with Crippen molar-refractivity contribution in [2.75, 3.05) is 5.33 Å². The van der Waals surface area contributed by atoms with Crippen LogP contribution in [0, 0.1) is 0 Å². The molecule has 1 aromatic carbocycles. The van der Waals surface area contributed by atoms with Crippen LogP contribution in [0.4, 0.5) is 0 Å². The summed E-state index contributed by atoms with van der Waals surface area (Å²) >= 11 is 3.00. The van der Waals surface area contributed by atoms with Crippen molar-refractivity contribution < 1.29 is 14.7 Å². The Morgan fingerprint density at radius 1 is 1.33 bits per heavy atom. The van der Waals surface area contributed by atoms with Crippen molar-refractivity contribution in [2.45, 2.75) is 12.3 Å². The molecule has 4 heteroatoms. The van der Waals surface area contributed by atoms with Gasteiger partial charge in [-0.1, -0.05) is 46.3 Å². The molecule has 1 N–H and O–H groups in total. The summed E-state index contributed by atoms with van der Waals surface area (Å²) in [4.78, 5) is 22.8. The van der Waals surface area contributed by atoms with Crippen molar-refractivity contribution in [3.05, 3.63) is 35.9 Å². The zero-order valence-corrected chi connectivity index (χ0v) is 9.82. The largest absolute Gasteiger partial charge is 0.480 e. The van der Waals surface area contributed by atoms with Crippen molar-refractivity contribution in [1.29, 1.82) is 0 Å². The number of carbonyl (C=O) groups excluding carboxylic acids is 1. The Bertz CT molecular complexity index is 375. The van der Waals surface area contributed by atoms with Gasteiger partial charge < -0.3 is 5.11 Å². The lowest BCUT2D eigenvalue weighted by molar-refractivity contribution is -0.147. The van der Waals surface area contributed by atoms with Gasteiger partial charge in [0.1, 0.15) is 5.41 Å². The van der Waals surface area contributed by atoms with Crippen LogP contribution in [0.2, 0.25) is 0 Å². The molecule has 3 nitrogen and oxygen atoms in total. The van der Waals surface area contributed by atoms with E-state index in [-0.39, 0.29) is 11.1 Å². The number of benzene rings is 1. The minimum absolute atomic E-state index is 0.0324. The number of hydrogen-bond donors (Lipinski definition) is 1. The summed E-state index contributed by atoms with van der Waals surface area (Å²) in [7, 11) is 0. The maximum Gasteiger partial charge on any atom is 0.321 e. The molecule has 0 aliphatic rings. The van der Waals surface area contributed by atoms with Crippen LogP contribution >= 0.6 is 15.9 Å². The first-order chi connectivity index (χ1) is 7.03. The van der Waals surface area contributed by atoms with Crippen molar-refractivity contribution in [3.8, 4) is 0 Å². The number of ketones is 1. The second-order valence-electron chi connectivity index (χ2n) is 3.35. The molecule has 0 radical (unpaired) electrons. The van der Waals surface area contributed by atoms with Crippen LogP contribution < -0.4 is 0 Å². The molecule has 1 unspecified atom stereocenters. The van der Waals surface area contributed by atoms with E-state index in [2.05, 4.69) is 15.9 Å². The van der Waals surface area contributed by atoms with Crippen LogP contribution in [0.15, 0.2) is 30.3 Å². The number of aliphatic carboxylic acids is 1. The van der Waals surface area contributed by atoms with Gasteiger partial charge in [0.15, 0.2) is 5.78 Å². The van der Waals surface area contributed by atoms with Crippen LogP contribution in [0.25, 0.3) is 0 Å². The fourth-order valence-electron chi connectivity index (χ4n) is 1.31. The van der Waals surface area contributed by atoms with E-state index >= 15 is 0 Å². The van der Waals surface area contributed by atoms with Gasteiger partial charge in [-0.3, -0.25) is 9.59 Å². The highest BCUT2D eigenvalue weighted by Gasteiger charge is 2.41. The summed E-state index contributed by atoms with van der Waals surface area (Å²) in [6.45, 7) is 1.42. The lowest BCUT2D eigenvalue weighted by Gasteiger charge is -2.22. The summed E-state index contributed by atoms with van der Waals surface area (Å²) in [5.41, 5.74) is -0.966. The van der Waals surface area contributed by atoms with Gasteiger partial charge in [-0.15, -0.1) is 0 Å². The number of alkyl halides is 1. The number of halogens is 1. The number of hydrogen-bond acceptors (Lipinski definition) is 2. The fraction of sp³-hybridized carbons (Fsp3) is 0.273. The van der Waals surface area contributed by atoms with Gasteiger partial charge in [0.05, 0.1) is 5.33 Å². The highest BCUT2D eigenvalue weighted by molar-refractivity contribution is 9.09. The molecule has 0 heterocycles. The summed E-state index contributed by atoms with van der Waals surface area (Å²) in [6.07, 6.45) is 0. The van der Waals surface area contributed by atoms with Crippen LogP contribution in [0.1, 0.15) is 12.5 Å². The molecule has 0 bridgehead atoms. The topological polar surface area (TPSA) is 54.4 Å². The first-order valence-corrected chi connectivity index (χ1v) is 5.53. The normalized spacial score (nSPS) is 14.3. The monoisotopic (exact) mass is 270 g/mol. The molecular weight excluding hydrogens is 260 g/mol. The fourth-order valence-corrected chi connectivity index (χ4v) is 1.87. The van der Waals surface area contributed by atoms with E-state index in [0.717, 1.165) is 0 Å². The van der Waals surface area contributed by atoms with E-state index in [1.807, 2.05) is 0 Å². The Labute approximate surface area is 96.2 Å². The van der Waals surface area contributed by atoms with E-state index in [9.17, 15) is 9.59 Å². The molecule has 1 aromatic rings. The van der Waals surface area contributed by atoms with Crippen molar-refractivity contribution in [1.82, 2.24) is 0 Å². The van der Waals surface area contributed by atoms with E-state index in [1.54, 1.807) is 30.3 Å². The van der Waals surface area contributed by atoms with E-state index in [4.69, 9.17) is 5.11 Å². The number of rotatable bonds is 4. The van der Waals surface area contributed by atoms with E-state index in [0.29, 0.717) is 5.56 Å². The minimum atomic E-state index is -1.47. The number of carbonyl (C=O) groups is 2. The van der Waals surface area contributed by atoms with Crippen LogP contribution in [-0.4, -0.2) is 22.2 Å². The van der Waals surface area contributed by atoms with Crippen molar-refractivity contribution in [3.63, 3.8) is 0 Å². The Hall–Kier alpha value is -1.16. The molecule has 80 valence electrons. The molecule has 1 rings (SSSR count). The second kappa shape index (κ2) is 4.57. The standard InChI is InChI=1S/C11H11BrO3/c1-11(10(14)15,9(13)7-12)8-5-3-2-4-6-8/h2-6H,7H2,1H3,(H,14,15). The minimum Gasteiger partial charge on any atom is -0.480 e. The maximum atomic E-state index is 11.6. The number of Topliss-reactive ketones (excluding diaryl/α,β-unsaturated/α-hetero) is 1. The van der Waals surface area contributed by atoms with Gasteiger partial charge in [0.2, 0.25) is 0 Å².